The summed E-state index contributed by atoms with van der Waals surface area (Å²) in [6.45, 7) is 0.103. The molecule has 0 aliphatic carbocycles. The predicted molar refractivity (Wildman–Crippen MR) is 49.5 cm³/mol. The van der Waals surface area contributed by atoms with Gasteiger partial charge in [-0.15, -0.1) is 0 Å². The van der Waals surface area contributed by atoms with Crippen molar-refractivity contribution in [3.05, 3.63) is 28.0 Å². The van der Waals surface area contributed by atoms with Crippen molar-refractivity contribution in [3.8, 4) is 0 Å². The molecule has 1 aliphatic rings. The number of amidine groups is 2. The first-order valence-electron chi connectivity index (χ1n) is 3.94. The molecule has 0 spiro atoms. The highest BCUT2D eigenvalue weighted by Gasteiger charge is 2.18. The number of aliphatic imine (C=N–C) groups is 1. The fourth-order valence-corrected chi connectivity index (χ4v) is 0.994. The second-order valence-corrected chi connectivity index (χ2v) is 2.69. The molecular formula is C7H6N4O4. The van der Waals surface area contributed by atoms with Crippen molar-refractivity contribution in [2.24, 2.45) is 15.9 Å². The van der Waals surface area contributed by atoms with Gasteiger partial charge in [-0.3, -0.25) is 10.1 Å². The molecule has 15 heavy (non-hydrogen) atoms. The van der Waals surface area contributed by atoms with E-state index in [1.807, 2.05) is 0 Å². The second-order valence-electron chi connectivity index (χ2n) is 2.69. The number of nitrogens with two attached hydrogens (primary N) is 1. The minimum atomic E-state index is -0.652. The summed E-state index contributed by atoms with van der Waals surface area (Å²) in [6.07, 6.45) is 0. The molecule has 0 saturated heterocycles. The molecule has 0 unspecified atom stereocenters. The van der Waals surface area contributed by atoms with E-state index >= 15 is 0 Å². The van der Waals surface area contributed by atoms with Crippen molar-refractivity contribution in [1.82, 2.24) is 0 Å². The van der Waals surface area contributed by atoms with Gasteiger partial charge in [0.05, 0.1) is 6.07 Å². The van der Waals surface area contributed by atoms with Crippen LogP contribution in [-0.2, 0) is 4.84 Å². The number of furan rings is 1. The van der Waals surface area contributed by atoms with Crippen LogP contribution in [0.5, 0.6) is 0 Å². The van der Waals surface area contributed by atoms with E-state index in [-0.39, 0.29) is 29.9 Å². The van der Waals surface area contributed by atoms with Gasteiger partial charge in [0.1, 0.15) is 10.8 Å². The fraction of sp³-hybridized carbons (Fsp3) is 0.143. The Morgan fingerprint density at radius 2 is 2.33 bits per heavy atom. The zero-order valence-corrected chi connectivity index (χ0v) is 7.41. The molecule has 8 heteroatoms. The largest absolute Gasteiger partial charge is 0.433 e. The number of oxime groups is 1. The van der Waals surface area contributed by atoms with Gasteiger partial charge in [-0.25, -0.2) is 4.99 Å². The molecule has 0 bridgehead atoms. The molecular weight excluding hydrogens is 204 g/mol. The first kappa shape index (κ1) is 9.19. The fourth-order valence-electron chi connectivity index (χ4n) is 0.994. The Balaban J connectivity index is 2.30. The van der Waals surface area contributed by atoms with E-state index < -0.39 is 4.92 Å². The molecule has 0 atom stereocenters. The average molecular weight is 210 g/mol. The SMILES string of the molecule is NC1=NC(c2ccc([N+](=O)[O-])o2)=NOC1. The van der Waals surface area contributed by atoms with E-state index in [1.54, 1.807) is 0 Å². The van der Waals surface area contributed by atoms with E-state index in [0.717, 1.165) is 0 Å². The van der Waals surface area contributed by atoms with E-state index in [0.29, 0.717) is 0 Å². The molecule has 0 radical (unpaired) electrons. The quantitative estimate of drug-likeness (QED) is 0.554. The van der Waals surface area contributed by atoms with Gasteiger partial charge in [-0.05, 0) is 6.07 Å². The molecule has 1 aromatic rings. The van der Waals surface area contributed by atoms with Gasteiger partial charge in [0.2, 0.25) is 5.84 Å². The lowest BCUT2D eigenvalue weighted by molar-refractivity contribution is -0.402. The first-order valence-corrected chi connectivity index (χ1v) is 3.94. The molecule has 2 heterocycles. The van der Waals surface area contributed by atoms with Gasteiger partial charge >= 0.3 is 5.88 Å². The van der Waals surface area contributed by atoms with Crippen LogP contribution in [0.1, 0.15) is 5.76 Å². The molecule has 0 aromatic carbocycles. The number of nitro groups is 1. The highest BCUT2D eigenvalue weighted by atomic mass is 16.7. The molecule has 1 aliphatic heterocycles. The van der Waals surface area contributed by atoms with Crippen molar-refractivity contribution in [2.45, 2.75) is 0 Å². The molecule has 0 saturated carbocycles. The van der Waals surface area contributed by atoms with Crippen molar-refractivity contribution >= 4 is 17.6 Å². The van der Waals surface area contributed by atoms with Crippen molar-refractivity contribution in [3.63, 3.8) is 0 Å². The van der Waals surface area contributed by atoms with Gasteiger partial charge in [0.15, 0.2) is 12.4 Å². The third kappa shape index (κ3) is 1.77. The van der Waals surface area contributed by atoms with E-state index in [9.17, 15) is 10.1 Å². The van der Waals surface area contributed by atoms with Gasteiger partial charge < -0.3 is 15.0 Å². The lowest BCUT2D eigenvalue weighted by atomic mass is 10.4. The summed E-state index contributed by atoms with van der Waals surface area (Å²) in [5, 5.41) is 13.9. The minimum absolute atomic E-state index is 0.0897. The Hall–Kier alpha value is -2.38. The van der Waals surface area contributed by atoms with Crippen molar-refractivity contribution in [2.75, 3.05) is 6.61 Å². The monoisotopic (exact) mass is 210 g/mol. The smallest absolute Gasteiger partial charge is 0.397 e. The summed E-state index contributed by atoms with van der Waals surface area (Å²) in [5.41, 5.74) is 5.40. The summed E-state index contributed by atoms with van der Waals surface area (Å²) in [5.74, 6) is 0.0855. The topological polar surface area (TPSA) is 116 Å². The highest BCUT2D eigenvalue weighted by molar-refractivity contribution is 6.05. The number of hydrogen-bond acceptors (Lipinski definition) is 7. The lowest BCUT2D eigenvalue weighted by Crippen LogP contribution is -2.23. The van der Waals surface area contributed by atoms with Gasteiger partial charge in [-0.2, -0.15) is 0 Å². The maximum atomic E-state index is 10.3. The molecule has 1 aromatic heterocycles. The zero-order chi connectivity index (χ0) is 10.8. The third-order valence-electron chi connectivity index (χ3n) is 1.61. The van der Waals surface area contributed by atoms with Crippen LogP contribution in [0.4, 0.5) is 5.88 Å². The van der Waals surface area contributed by atoms with Crippen LogP contribution in [-0.4, -0.2) is 23.2 Å². The lowest BCUT2D eigenvalue weighted by Gasteiger charge is -2.05. The van der Waals surface area contributed by atoms with Gasteiger partial charge in [0.25, 0.3) is 0 Å². The standard InChI is InChI=1S/C7H6N4O4/c8-5-3-14-10-7(9-5)4-1-2-6(15-4)11(12)13/h1-2H,3H2,(H2,8,9,10). The molecule has 8 nitrogen and oxygen atoms in total. The Bertz CT molecular complexity index is 461. The minimum Gasteiger partial charge on any atom is -0.397 e. The molecule has 0 fully saturated rings. The highest BCUT2D eigenvalue weighted by Crippen LogP contribution is 2.17. The van der Waals surface area contributed by atoms with Crippen LogP contribution in [0.15, 0.2) is 26.7 Å². The van der Waals surface area contributed by atoms with Crippen LogP contribution in [0.25, 0.3) is 0 Å². The van der Waals surface area contributed by atoms with E-state index in [4.69, 9.17) is 15.0 Å². The summed E-state index contributed by atoms with van der Waals surface area (Å²) >= 11 is 0. The molecule has 2 rings (SSSR count). The summed E-state index contributed by atoms with van der Waals surface area (Å²) in [6, 6.07) is 2.58. The van der Waals surface area contributed by atoms with Crippen LogP contribution in [0, 0.1) is 10.1 Å². The Labute approximate surface area is 83.2 Å². The summed E-state index contributed by atoms with van der Waals surface area (Å²) in [4.78, 5) is 18.2. The normalized spacial score (nSPS) is 15.2. The average Bonchev–Trinajstić information content (AvgIpc) is 2.66. The van der Waals surface area contributed by atoms with Crippen LogP contribution >= 0.6 is 0 Å². The van der Waals surface area contributed by atoms with Crippen molar-refractivity contribution in [1.29, 1.82) is 0 Å². The maximum absolute atomic E-state index is 10.3. The number of hydrogen-bond donors (Lipinski definition) is 1. The Kier molecular flexibility index (Phi) is 2.08. The van der Waals surface area contributed by atoms with Crippen LogP contribution in [0.2, 0.25) is 0 Å². The first-order chi connectivity index (χ1) is 7.16. The molecule has 2 N–H and O–H groups in total. The Morgan fingerprint density at radius 3 is 2.93 bits per heavy atom. The molecule has 0 amide bonds. The van der Waals surface area contributed by atoms with Crippen molar-refractivity contribution < 1.29 is 14.2 Å². The Morgan fingerprint density at radius 1 is 1.53 bits per heavy atom. The summed E-state index contributed by atoms with van der Waals surface area (Å²) in [7, 11) is 0. The van der Waals surface area contributed by atoms with Crippen LogP contribution in [0.3, 0.4) is 0 Å². The van der Waals surface area contributed by atoms with E-state index in [2.05, 4.69) is 10.1 Å². The van der Waals surface area contributed by atoms with Crippen LogP contribution < -0.4 is 5.73 Å². The maximum Gasteiger partial charge on any atom is 0.433 e. The van der Waals surface area contributed by atoms with Gasteiger partial charge in [0, 0.05) is 0 Å². The van der Waals surface area contributed by atoms with Gasteiger partial charge in [-0.1, -0.05) is 5.16 Å². The predicted octanol–water partition coefficient (Wildman–Crippen LogP) is 0.237. The third-order valence-corrected chi connectivity index (χ3v) is 1.61. The number of nitrogens with zero attached hydrogens (tertiary/aromatic N) is 3. The number of rotatable bonds is 2. The second kappa shape index (κ2) is 3.40. The van der Waals surface area contributed by atoms with E-state index in [1.165, 1.54) is 12.1 Å². The zero-order valence-electron chi connectivity index (χ0n) is 7.41. The summed E-state index contributed by atoms with van der Waals surface area (Å²) < 4.78 is 4.86. The molecule has 78 valence electrons.